The second-order valence-corrected chi connectivity index (χ2v) is 4.65. The van der Waals surface area contributed by atoms with Gasteiger partial charge in [0.25, 0.3) is 0 Å². The molecule has 6 nitrogen and oxygen atoms in total. The van der Waals surface area contributed by atoms with Gasteiger partial charge in [-0.15, -0.1) is 0 Å². The lowest BCUT2D eigenvalue weighted by Crippen LogP contribution is -2.36. The van der Waals surface area contributed by atoms with E-state index < -0.39 is 16.1 Å². The van der Waals surface area contributed by atoms with Gasteiger partial charge in [-0.25, -0.2) is 13.6 Å². The van der Waals surface area contributed by atoms with Crippen molar-refractivity contribution in [3.63, 3.8) is 0 Å². The molecule has 0 fully saturated rings. The number of rotatable bonds is 6. The van der Waals surface area contributed by atoms with Crippen molar-refractivity contribution in [1.29, 1.82) is 0 Å². The molecular formula is C7H16N2O4S. The molecule has 0 saturated heterocycles. The Morgan fingerprint density at radius 2 is 2.14 bits per heavy atom. The zero-order valence-electron chi connectivity index (χ0n) is 8.32. The quantitative estimate of drug-likeness (QED) is 0.437. The van der Waals surface area contributed by atoms with Crippen molar-refractivity contribution in [2.24, 2.45) is 5.14 Å². The van der Waals surface area contributed by atoms with Crippen LogP contribution in [0.2, 0.25) is 0 Å². The Kier molecular flexibility index (Phi) is 5.66. The summed E-state index contributed by atoms with van der Waals surface area (Å²) in [6.45, 7) is 2.05. The lowest BCUT2D eigenvalue weighted by molar-refractivity contribution is -0.142. The third-order valence-corrected chi connectivity index (χ3v) is 2.47. The van der Waals surface area contributed by atoms with E-state index in [1.807, 2.05) is 0 Å². The van der Waals surface area contributed by atoms with E-state index in [1.165, 1.54) is 7.11 Å². The minimum atomic E-state index is -3.40. The number of hydrogen-bond donors (Lipinski definition) is 2. The van der Waals surface area contributed by atoms with E-state index in [2.05, 4.69) is 10.1 Å². The lowest BCUT2D eigenvalue weighted by Gasteiger charge is -2.10. The zero-order valence-corrected chi connectivity index (χ0v) is 9.13. The number of hydrogen-bond acceptors (Lipinski definition) is 5. The molecule has 0 heterocycles. The summed E-state index contributed by atoms with van der Waals surface area (Å²) in [7, 11) is -2.11. The molecular weight excluding hydrogens is 208 g/mol. The Bertz CT molecular complexity index is 275. The summed E-state index contributed by atoms with van der Waals surface area (Å²) in [6.07, 6.45) is 0.375. The second kappa shape index (κ2) is 5.94. The fraction of sp³-hybridized carbons (Fsp3) is 0.857. The molecule has 0 aliphatic carbocycles. The Morgan fingerprint density at radius 3 is 2.57 bits per heavy atom. The summed E-state index contributed by atoms with van der Waals surface area (Å²) in [5.74, 6) is -0.464. The third kappa shape index (κ3) is 6.81. The average Bonchev–Trinajstić information content (AvgIpc) is 2.09. The van der Waals surface area contributed by atoms with E-state index in [-0.39, 0.29) is 11.7 Å². The summed E-state index contributed by atoms with van der Waals surface area (Å²) in [5, 5.41) is 7.60. The highest BCUT2D eigenvalue weighted by Crippen LogP contribution is 1.88. The van der Waals surface area contributed by atoms with E-state index >= 15 is 0 Å². The Balaban J connectivity index is 3.60. The molecule has 0 bridgehead atoms. The summed E-state index contributed by atoms with van der Waals surface area (Å²) in [4.78, 5) is 10.9. The monoisotopic (exact) mass is 224 g/mol. The van der Waals surface area contributed by atoms with Gasteiger partial charge in [-0.3, -0.25) is 4.79 Å². The molecule has 0 saturated carbocycles. The van der Waals surface area contributed by atoms with Gasteiger partial charge in [0, 0.05) is 0 Å². The molecule has 7 heteroatoms. The van der Waals surface area contributed by atoms with Crippen LogP contribution in [-0.2, 0) is 19.6 Å². The number of esters is 1. The van der Waals surface area contributed by atoms with Gasteiger partial charge in [0.1, 0.15) is 6.04 Å². The van der Waals surface area contributed by atoms with Gasteiger partial charge in [0.15, 0.2) is 0 Å². The first-order valence-corrected chi connectivity index (χ1v) is 5.90. The lowest BCUT2D eigenvalue weighted by atomic mass is 10.3. The van der Waals surface area contributed by atoms with Crippen molar-refractivity contribution in [3.8, 4) is 0 Å². The van der Waals surface area contributed by atoms with Crippen LogP contribution in [-0.4, -0.2) is 39.8 Å². The largest absolute Gasteiger partial charge is 0.468 e. The highest BCUT2D eigenvalue weighted by atomic mass is 32.2. The number of sulfonamides is 1. The Hall–Kier alpha value is -0.660. The zero-order chi connectivity index (χ0) is 11.2. The number of nitrogens with one attached hydrogen (secondary N) is 1. The van der Waals surface area contributed by atoms with Crippen LogP contribution in [0.1, 0.15) is 13.3 Å². The molecule has 0 aromatic rings. The molecule has 0 rings (SSSR count). The van der Waals surface area contributed by atoms with Crippen molar-refractivity contribution in [2.75, 3.05) is 19.4 Å². The van der Waals surface area contributed by atoms with Gasteiger partial charge in [-0.2, -0.15) is 0 Å². The van der Waals surface area contributed by atoms with Crippen molar-refractivity contribution in [2.45, 2.75) is 19.4 Å². The number of carbonyl (C=O) groups is 1. The average molecular weight is 224 g/mol. The highest BCUT2D eigenvalue weighted by molar-refractivity contribution is 7.89. The molecule has 3 N–H and O–H groups in total. The van der Waals surface area contributed by atoms with Gasteiger partial charge in [0.2, 0.25) is 10.0 Å². The minimum Gasteiger partial charge on any atom is -0.468 e. The Labute approximate surface area is 83.9 Å². The fourth-order valence-electron chi connectivity index (χ4n) is 0.852. The first-order valence-electron chi connectivity index (χ1n) is 4.18. The normalized spacial score (nSPS) is 13.6. The van der Waals surface area contributed by atoms with Crippen molar-refractivity contribution in [1.82, 2.24) is 5.32 Å². The Morgan fingerprint density at radius 1 is 1.57 bits per heavy atom. The van der Waals surface area contributed by atoms with Crippen molar-refractivity contribution >= 4 is 16.0 Å². The van der Waals surface area contributed by atoms with E-state index in [0.29, 0.717) is 13.0 Å². The summed E-state index contributed by atoms with van der Waals surface area (Å²) < 4.78 is 25.5. The van der Waals surface area contributed by atoms with E-state index in [1.54, 1.807) is 6.92 Å². The minimum absolute atomic E-state index is 0.0894. The molecule has 0 amide bonds. The number of nitrogens with two attached hydrogens (primary N) is 1. The maximum absolute atomic E-state index is 10.9. The second-order valence-electron chi connectivity index (χ2n) is 2.92. The fourth-order valence-corrected chi connectivity index (χ4v) is 1.40. The number of methoxy groups -OCH3 is 1. The standard InChI is InChI=1S/C7H16N2O4S/c1-6(7(10)13-2)9-4-3-5-14(8,11)12/h6,9H,3-5H2,1-2H3,(H2,8,11,12). The van der Waals surface area contributed by atoms with Gasteiger partial charge in [0.05, 0.1) is 12.9 Å². The van der Waals surface area contributed by atoms with Crippen LogP contribution in [0.15, 0.2) is 0 Å². The van der Waals surface area contributed by atoms with E-state index in [9.17, 15) is 13.2 Å². The molecule has 84 valence electrons. The SMILES string of the molecule is COC(=O)C(C)NCCCS(N)(=O)=O. The first-order chi connectivity index (χ1) is 6.37. The van der Waals surface area contributed by atoms with Crippen LogP contribution < -0.4 is 10.5 Å². The molecule has 14 heavy (non-hydrogen) atoms. The van der Waals surface area contributed by atoms with Crippen LogP contribution in [0.5, 0.6) is 0 Å². The van der Waals surface area contributed by atoms with Crippen LogP contribution >= 0.6 is 0 Å². The highest BCUT2D eigenvalue weighted by Gasteiger charge is 2.11. The maximum atomic E-state index is 10.9. The maximum Gasteiger partial charge on any atom is 0.322 e. The molecule has 0 aliphatic rings. The summed E-state index contributed by atoms with van der Waals surface area (Å²) >= 11 is 0. The van der Waals surface area contributed by atoms with Gasteiger partial charge < -0.3 is 10.1 Å². The molecule has 0 spiro atoms. The summed E-state index contributed by atoms with van der Waals surface area (Å²) in [6, 6.07) is -0.430. The molecule has 1 unspecified atom stereocenters. The van der Waals surface area contributed by atoms with Crippen molar-refractivity contribution < 1.29 is 17.9 Å². The molecule has 0 aromatic heterocycles. The van der Waals surface area contributed by atoms with Crippen molar-refractivity contribution in [3.05, 3.63) is 0 Å². The third-order valence-electron chi connectivity index (χ3n) is 1.61. The molecule has 0 aliphatic heterocycles. The van der Waals surface area contributed by atoms with E-state index in [0.717, 1.165) is 0 Å². The molecule has 0 aromatic carbocycles. The predicted molar refractivity (Wildman–Crippen MR) is 52.1 cm³/mol. The summed E-state index contributed by atoms with van der Waals surface area (Å²) in [5.41, 5.74) is 0. The van der Waals surface area contributed by atoms with Crippen LogP contribution in [0.4, 0.5) is 0 Å². The van der Waals surface area contributed by atoms with Crippen LogP contribution in [0.25, 0.3) is 0 Å². The number of ether oxygens (including phenoxy) is 1. The van der Waals surface area contributed by atoms with Crippen LogP contribution in [0.3, 0.4) is 0 Å². The van der Waals surface area contributed by atoms with Crippen LogP contribution in [0, 0.1) is 0 Å². The number of primary sulfonamides is 1. The van der Waals surface area contributed by atoms with E-state index in [4.69, 9.17) is 5.14 Å². The van der Waals surface area contributed by atoms with Gasteiger partial charge >= 0.3 is 5.97 Å². The molecule has 1 atom stereocenters. The molecule has 0 radical (unpaired) electrons. The number of carbonyl (C=O) groups excluding carboxylic acids is 1. The topological polar surface area (TPSA) is 98.5 Å². The van der Waals surface area contributed by atoms with Gasteiger partial charge in [-0.05, 0) is 19.9 Å². The smallest absolute Gasteiger partial charge is 0.322 e. The predicted octanol–water partition coefficient (Wildman–Crippen LogP) is -1.18. The first kappa shape index (κ1) is 13.3. The van der Waals surface area contributed by atoms with Gasteiger partial charge in [-0.1, -0.05) is 0 Å².